The van der Waals surface area contributed by atoms with Gasteiger partial charge in [-0.05, 0) is 42.3 Å². The van der Waals surface area contributed by atoms with E-state index in [1.54, 1.807) is 12.1 Å². The third kappa shape index (κ3) is 4.53. The number of nitrogens with one attached hydrogen (secondary N) is 1. The quantitative estimate of drug-likeness (QED) is 0.631. The summed E-state index contributed by atoms with van der Waals surface area (Å²) in [7, 11) is 0. The first-order valence-corrected chi connectivity index (χ1v) is 9.14. The standard InChI is InChI=1S/C17H16FN3OS2/c1-11-4-2-7-14(8-11)19-16-20-21-17(24-16)23-10-15(22)12-5-3-6-13(18)9-12/h2-9,15,22H,10H2,1H3,(H,19,20)/t15-/m1/s1. The number of halogens is 1. The Kier molecular flexibility index (Phi) is 5.44. The fourth-order valence-corrected chi connectivity index (χ4v) is 3.89. The zero-order valence-electron chi connectivity index (χ0n) is 12.9. The monoisotopic (exact) mass is 361 g/mol. The van der Waals surface area contributed by atoms with E-state index in [0.29, 0.717) is 16.4 Å². The highest BCUT2D eigenvalue weighted by molar-refractivity contribution is 8.01. The van der Waals surface area contributed by atoms with E-state index in [1.165, 1.54) is 35.2 Å². The molecule has 0 fully saturated rings. The maximum atomic E-state index is 13.2. The summed E-state index contributed by atoms with van der Waals surface area (Å²) in [6.07, 6.45) is -0.747. The highest BCUT2D eigenvalue weighted by atomic mass is 32.2. The number of anilines is 2. The summed E-state index contributed by atoms with van der Waals surface area (Å²) < 4.78 is 13.9. The maximum absolute atomic E-state index is 13.2. The Morgan fingerprint density at radius 2 is 2.04 bits per heavy atom. The molecule has 0 spiro atoms. The first-order chi connectivity index (χ1) is 11.6. The Hall–Kier alpha value is -1.96. The Balaban J connectivity index is 1.58. The lowest BCUT2D eigenvalue weighted by Gasteiger charge is -2.09. The van der Waals surface area contributed by atoms with Crippen molar-refractivity contribution in [2.24, 2.45) is 0 Å². The number of aryl methyl sites for hydroxylation is 1. The minimum absolute atomic E-state index is 0.350. The van der Waals surface area contributed by atoms with Gasteiger partial charge in [-0.1, -0.05) is 47.4 Å². The van der Waals surface area contributed by atoms with E-state index < -0.39 is 6.10 Å². The molecule has 3 rings (SSSR count). The van der Waals surface area contributed by atoms with Crippen LogP contribution in [-0.2, 0) is 0 Å². The van der Waals surface area contributed by atoms with Crippen LogP contribution >= 0.6 is 23.1 Å². The molecule has 2 N–H and O–H groups in total. The number of rotatable bonds is 6. The molecule has 0 amide bonds. The van der Waals surface area contributed by atoms with E-state index in [-0.39, 0.29) is 5.82 Å². The molecule has 0 aliphatic rings. The lowest BCUT2D eigenvalue weighted by molar-refractivity contribution is 0.203. The largest absolute Gasteiger partial charge is 0.388 e. The molecule has 0 aliphatic carbocycles. The van der Waals surface area contributed by atoms with Crippen LogP contribution in [0.25, 0.3) is 0 Å². The van der Waals surface area contributed by atoms with Gasteiger partial charge in [0, 0.05) is 11.4 Å². The summed E-state index contributed by atoms with van der Waals surface area (Å²) in [5, 5.41) is 22.2. The number of hydrogen-bond acceptors (Lipinski definition) is 6. The third-order valence-corrected chi connectivity index (χ3v) is 5.32. The number of nitrogens with zero attached hydrogens (tertiary/aromatic N) is 2. The molecule has 0 bridgehead atoms. The van der Waals surface area contributed by atoms with Crippen LogP contribution in [0.2, 0.25) is 0 Å². The summed E-state index contributed by atoms with van der Waals surface area (Å²) >= 11 is 2.81. The van der Waals surface area contributed by atoms with E-state index in [9.17, 15) is 9.50 Å². The Labute approximate surface area is 147 Å². The minimum Gasteiger partial charge on any atom is -0.388 e. The molecule has 24 heavy (non-hydrogen) atoms. The molecule has 0 aliphatic heterocycles. The molecule has 1 aromatic heterocycles. The number of aliphatic hydroxyl groups excluding tert-OH is 1. The number of benzene rings is 2. The van der Waals surface area contributed by atoms with E-state index in [0.717, 1.165) is 15.6 Å². The second-order valence-electron chi connectivity index (χ2n) is 5.25. The lowest BCUT2D eigenvalue weighted by atomic mass is 10.1. The van der Waals surface area contributed by atoms with E-state index in [1.807, 2.05) is 31.2 Å². The first-order valence-electron chi connectivity index (χ1n) is 7.34. The van der Waals surface area contributed by atoms with Crippen LogP contribution in [0.15, 0.2) is 52.9 Å². The van der Waals surface area contributed by atoms with Crippen LogP contribution < -0.4 is 5.32 Å². The molecule has 0 radical (unpaired) electrons. The second kappa shape index (κ2) is 7.74. The second-order valence-corrected chi connectivity index (χ2v) is 7.49. The van der Waals surface area contributed by atoms with E-state index in [4.69, 9.17) is 0 Å². The van der Waals surface area contributed by atoms with Crippen molar-refractivity contribution in [3.05, 3.63) is 65.5 Å². The summed E-state index contributed by atoms with van der Waals surface area (Å²) in [4.78, 5) is 0. The third-order valence-electron chi connectivity index (χ3n) is 3.27. The van der Waals surface area contributed by atoms with Crippen molar-refractivity contribution in [3.63, 3.8) is 0 Å². The molecule has 4 nitrogen and oxygen atoms in total. The van der Waals surface area contributed by atoms with Crippen LogP contribution in [0.5, 0.6) is 0 Å². The maximum Gasteiger partial charge on any atom is 0.210 e. The first kappa shape index (κ1) is 16.9. The Morgan fingerprint density at radius 1 is 1.21 bits per heavy atom. The van der Waals surface area contributed by atoms with Gasteiger partial charge in [0.1, 0.15) is 5.82 Å². The van der Waals surface area contributed by atoms with Crippen molar-refractivity contribution in [2.75, 3.05) is 11.1 Å². The molecule has 0 unspecified atom stereocenters. The number of aliphatic hydroxyl groups is 1. The van der Waals surface area contributed by atoms with Crippen LogP contribution in [0, 0.1) is 12.7 Å². The van der Waals surface area contributed by atoms with Gasteiger partial charge in [-0.3, -0.25) is 0 Å². The SMILES string of the molecule is Cc1cccc(Nc2nnc(SC[C@@H](O)c3cccc(F)c3)s2)c1. The predicted molar refractivity (Wildman–Crippen MR) is 96.5 cm³/mol. The lowest BCUT2D eigenvalue weighted by Crippen LogP contribution is -2.00. The topological polar surface area (TPSA) is 58.0 Å². The van der Waals surface area contributed by atoms with Gasteiger partial charge in [0.25, 0.3) is 0 Å². The van der Waals surface area contributed by atoms with E-state index in [2.05, 4.69) is 15.5 Å². The molecular formula is C17H16FN3OS2. The predicted octanol–water partition coefficient (Wildman–Crippen LogP) is 4.55. The number of aromatic nitrogens is 2. The molecule has 1 heterocycles. The molecule has 7 heteroatoms. The van der Waals surface area contributed by atoms with Gasteiger partial charge in [0.05, 0.1) is 6.10 Å². The van der Waals surface area contributed by atoms with Gasteiger partial charge in [-0.15, -0.1) is 10.2 Å². The van der Waals surface area contributed by atoms with Crippen molar-refractivity contribution in [2.45, 2.75) is 17.4 Å². The van der Waals surface area contributed by atoms with Gasteiger partial charge >= 0.3 is 0 Å². The van der Waals surface area contributed by atoms with Gasteiger partial charge < -0.3 is 10.4 Å². The van der Waals surface area contributed by atoms with E-state index >= 15 is 0 Å². The Bertz CT molecular complexity index is 825. The molecule has 0 saturated carbocycles. The Morgan fingerprint density at radius 3 is 2.83 bits per heavy atom. The van der Waals surface area contributed by atoms with Gasteiger partial charge in [0.15, 0.2) is 4.34 Å². The fraction of sp³-hybridized carbons (Fsp3) is 0.176. The normalized spacial score (nSPS) is 12.1. The van der Waals surface area contributed by atoms with Crippen molar-refractivity contribution < 1.29 is 9.50 Å². The molecule has 2 aromatic carbocycles. The zero-order valence-corrected chi connectivity index (χ0v) is 14.6. The molecular weight excluding hydrogens is 345 g/mol. The molecule has 1 atom stereocenters. The summed E-state index contributed by atoms with van der Waals surface area (Å²) in [6, 6.07) is 14.0. The van der Waals surface area contributed by atoms with Crippen LogP contribution in [-0.4, -0.2) is 21.1 Å². The van der Waals surface area contributed by atoms with Crippen molar-refractivity contribution in [1.82, 2.24) is 10.2 Å². The molecule has 124 valence electrons. The smallest absolute Gasteiger partial charge is 0.210 e. The average molecular weight is 361 g/mol. The van der Waals surface area contributed by atoms with Crippen molar-refractivity contribution >= 4 is 33.9 Å². The van der Waals surface area contributed by atoms with Gasteiger partial charge in [-0.25, -0.2) is 4.39 Å². The highest BCUT2D eigenvalue weighted by Crippen LogP contribution is 2.30. The van der Waals surface area contributed by atoms with Crippen molar-refractivity contribution in [3.8, 4) is 0 Å². The van der Waals surface area contributed by atoms with Crippen LogP contribution in [0.4, 0.5) is 15.2 Å². The van der Waals surface area contributed by atoms with Gasteiger partial charge in [-0.2, -0.15) is 0 Å². The fourth-order valence-electron chi connectivity index (χ4n) is 2.13. The molecule has 0 saturated heterocycles. The zero-order chi connectivity index (χ0) is 16.9. The minimum atomic E-state index is -0.747. The van der Waals surface area contributed by atoms with Crippen molar-refractivity contribution in [1.29, 1.82) is 0 Å². The van der Waals surface area contributed by atoms with Crippen LogP contribution in [0.1, 0.15) is 17.2 Å². The average Bonchev–Trinajstić information content (AvgIpc) is 3.00. The van der Waals surface area contributed by atoms with Gasteiger partial charge in [0.2, 0.25) is 5.13 Å². The number of thioether (sulfide) groups is 1. The summed E-state index contributed by atoms with van der Waals surface area (Å²) in [5.74, 6) is 0.0415. The summed E-state index contributed by atoms with van der Waals surface area (Å²) in [5.41, 5.74) is 2.69. The number of hydrogen-bond donors (Lipinski definition) is 2. The van der Waals surface area contributed by atoms with Crippen LogP contribution in [0.3, 0.4) is 0 Å². The highest BCUT2D eigenvalue weighted by Gasteiger charge is 2.12. The molecule has 3 aromatic rings. The summed E-state index contributed by atoms with van der Waals surface area (Å²) in [6.45, 7) is 2.03.